The van der Waals surface area contributed by atoms with Crippen LogP contribution in [0.15, 0.2) is 0 Å². The molecule has 0 aliphatic carbocycles. The number of rotatable bonds is 7. The van der Waals surface area contributed by atoms with Crippen LogP contribution in [0.2, 0.25) is 0 Å². The van der Waals surface area contributed by atoms with E-state index in [1.165, 1.54) is 19.3 Å². The third kappa shape index (κ3) is 5.61. The molecule has 72 valence electrons. The highest BCUT2D eigenvalue weighted by molar-refractivity contribution is 7.96. The molecule has 0 saturated carbocycles. The molecule has 0 amide bonds. The van der Waals surface area contributed by atoms with Gasteiger partial charge in [0.2, 0.25) is 0 Å². The van der Waals surface area contributed by atoms with Gasteiger partial charge in [0.25, 0.3) is 0 Å². The topological polar surface area (TPSA) is 43.1 Å². The molecule has 0 fully saturated rings. The second-order valence-electron chi connectivity index (χ2n) is 3.12. The Balaban J connectivity index is 3.38. The van der Waals surface area contributed by atoms with Gasteiger partial charge >= 0.3 is 0 Å². The molecule has 0 aromatic carbocycles. The molecule has 2 nitrogen and oxygen atoms in total. The summed E-state index contributed by atoms with van der Waals surface area (Å²) in [7, 11) is 0. The Morgan fingerprint density at radius 3 is 2.50 bits per heavy atom. The fourth-order valence-electron chi connectivity index (χ4n) is 1.16. The highest BCUT2D eigenvalue weighted by Crippen LogP contribution is 2.12. The van der Waals surface area contributed by atoms with Crippen LogP contribution in [0.25, 0.3) is 0 Å². The van der Waals surface area contributed by atoms with Gasteiger partial charge in [-0.05, 0) is 6.42 Å². The Bertz CT molecular complexity index is 128. The van der Waals surface area contributed by atoms with Gasteiger partial charge in [0.15, 0.2) is 5.12 Å². The summed E-state index contributed by atoms with van der Waals surface area (Å²) >= 11 is 3.78. The van der Waals surface area contributed by atoms with Crippen molar-refractivity contribution in [3.8, 4) is 0 Å². The van der Waals surface area contributed by atoms with E-state index in [1.54, 1.807) is 0 Å². The summed E-state index contributed by atoms with van der Waals surface area (Å²) in [5.41, 5.74) is 5.42. The number of hydrogen-bond donors (Lipinski definition) is 2. The molecule has 0 aliphatic heterocycles. The minimum atomic E-state index is -0.0611. The molecule has 0 heterocycles. The Morgan fingerprint density at radius 1 is 1.42 bits per heavy atom. The van der Waals surface area contributed by atoms with Crippen LogP contribution >= 0.6 is 12.6 Å². The molecule has 1 atom stereocenters. The molecule has 1 unspecified atom stereocenters. The van der Waals surface area contributed by atoms with Crippen molar-refractivity contribution in [3.63, 3.8) is 0 Å². The number of carbonyl (C=O) groups is 1. The quantitative estimate of drug-likeness (QED) is 0.475. The third-order valence-electron chi connectivity index (χ3n) is 2.04. The predicted molar refractivity (Wildman–Crippen MR) is 55.3 cm³/mol. The first-order valence-corrected chi connectivity index (χ1v) is 5.10. The Kier molecular flexibility index (Phi) is 7.61. The maximum Gasteiger partial charge on any atom is 0.190 e. The second kappa shape index (κ2) is 7.62. The lowest BCUT2D eigenvalue weighted by Gasteiger charge is -2.08. The van der Waals surface area contributed by atoms with Gasteiger partial charge < -0.3 is 5.73 Å². The van der Waals surface area contributed by atoms with Gasteiger partial charge in [0.05, 0.1) is 0 Å². The lowest BCUT2D eigenvalue weighted by atomic mass is 10.0. The minimum absolute atomic E-state index is 0.0230. The number of nitrogens with two attached hydrogens (primary N) is 1. The van der Waals surface area contributed by atoms with Crippen LogP contribution in [-0.2, 0) is 4.79 Å². The molecular formula is C9H19NOS. The fraction of sp³-hybridized carbons (Fsp3) is 0.889. The second-order valence-corrected chi connectivity index (χ2v) is 3.56. The molecule has 0 aromatic heterocycles. The van der Waals surface area contributed by atoms with E-state index < -0.39 is 0 Å². The first-order valence-electron chi connectivity index (χ1n) is 4.65. The maximum absolute atomic E-state index is 10.8. The molecular weight excluding hydrogens is 170 g/mol. The predicted octanol–water partition coefficient (Wildman–Crippen LogP) is 1.99. The highest BCUT2D eigenvalue weighted by Gasteiger charge is 2.11. The highest BCUT2D eigenvalue weighted by atomic mass is 32.1. The Morgan fingerprint density at radius 2 is 2.08 bits per heavy atom. The largest absolute Gasteiger partial charge is 0.330 e. The van der Waals surface area contributed by atoms with Crippen LogP contribution < -0.4 is 5.73 Å². The summed E-state index contributed by atoms with van der Waals surface area (Å²) in [5.74, 6) is -0.0230. The van der Waals surface area contributed by atoms with Crippen molar-refractivity contribution in [2.75, 3.05) is 6.54 Å². The van der Waals surface area contributed by atoms with Crippen LogP contribution in [0, 0.1) is 5.92 Å². The number of thiol groups is 1. The van der Waals surface area contributed by atoms with Gasteiger partial charge in [-0.1, -0.05) is 32.6 Å². The number of carbonyl (C=O) groups excluding carboxylic acids is 1. The molecule has 0 rings (SSSR count). The lowest BCUT2D eigenvalue weighted by Crippen LogP contribution is -2.19. The zero-order valence-corrected chi connectivity index (χ0v) is 8.65. The van der Waals surface area contributed by atoms with Crippen LogP contribution in [-0.4, -0.2) is 11.7 Å². The van der Waals surface area contributed by atoms with Crippen molar-refractivity contribution in [2.24, 2.45) is 11.7 Å². The smallest absolute Gasteiger partial charge is 0.190 e. The molecule has 0 saturated heterocycles. The summed E-state index contributed by atoms with van der Waals surface area (Å²) in [5, 5.41) is -0.0611. The van der Waals surface area contributed by atoms with Gasteiger partial charge in [0, 0.05) is 12.5 Å². The zero-order chi connectivity index (χ0) is 9.40. The lowest BCUT2D eigenvalue weighted by molar-refractivity contribution is -0.114. The van der Waals surface area contributed by atoms with Gasteiger partial charge in [0.1, 0.15) is 0 Å². The molecule has 0 radical (unpaired) electrons. The van der Waals surface area contributed by atoms with E-state index in [0.29, 0.717) is 6.54 Å². The van der Waals surface area contributed by atoms with Crippen LogP contribution in [0.5, 0.6) is 0 Å². The van der Waals surface area contributed by atoms with Crippen LogP contribution in [0.1, 0.15) is 39.0 Å². The number of unbranched alkanes of at least 4 members (excludes halogenated alkanes) is 3. The summed E-state index contributed by atoms with van der Waals surface area (Å²) in [6.45, 7) is 2.61. The van der Waals surface area contributed by atoms with E-state index in [2.05, 4.69) is 19.6 Å². The van der Waals surface area contributed by atoms with Crippen molar-refractivity contribution in [3.05, 3.63) is 0 Å². The van der Waals surface area contributed by atoms with E-state index in [0.717, 1.165) is 12.8 Å². The SMILES string of the molecule is CCCCCCC(CN)C(=O)S. The minimum Gasteiger partial charge on any atom is -0.330 e. The molecule has 0 bridgehead atoms. The van der Waals surface area contributed by atoms with Crippen LogP contribution in [0.3, 0.4) is 0 Å². The normalized spacial score (nSPS) is 12.9. The summed E-state index contributed by atoms with van der Waals surface area (Å²) in [6, 6.07) is 0. The molecule has 0 aromatic rings. The zero-order valence-electron chi connectivity index (χ0n) is 7.75. The average molecular weight is 189 g/mol. The monoisotopic (exact) mass is 189 g/mol. The van der Waals surface area contributed by atoms with Gasteiger partial charge in [-0.25, -0.2) is 0 Å². The first kappa shape index (κ1) is 12.0. The standard InChI is InChI=1S/C9H19NOS/c1-2-3-4-5-6-8(7-10)9(11)12/h8H,2-7,10H2,1H3,(H,11,12). The summed E-state index contributed by atoms with van der Waals surface area (Å²) in [4.78, 5) is 10.8. The van der Waals surface area contributed by atoms with Gasteiger partial charge in [-0.15, -0.1) is 12.6 Å². The maximum atomic E-state index is 10.8. The van der Waals surface area contributed by atoms with Crippen molar-refractivity contribution >= 4 is 17.7 Å². The molecule has 12 heavy (non-hydrogen) atoms. The summed E-state index contributed by atoms with van der Waals surface area (Å²) in [6.07, 6.45) is 5.68. The average Bonchev–Trinajstić information content (AvgIpc) is 2.04. The van der Waals surface area contributed by atoms with E-state index in [4.69, 9.17) is 5.73 Å². The Labute approximate surface area is 80.3 Å². The van der Waals surface area contributed by atoms with Gasteiger partial charge in [-0.3, -0.25) is 4.79 Å². The van der Waals surface area contributed by atoms with Crippen LogP contribution in [0.4, 0.5) is 0 Å². The van der Waals surface area contributed by atoms with Gasteiger partial charge in [-0.2, -0.15) is 0 Å². The van der Waals surface area contributed by atoms with E-state index >= 15 is 0 Å². The summed E-state index contributed by atoms with van der Waals surface area (Å²) < 4.78 is 0. The third-order valence-corrected chi connectivity index (χ3v) is 2.41. The van der Waals surface area contributed by atoms with E-state index in [9.17, 15) is 4.79 Å². The fourth-order valence-corrected chi connectivity index (χ4v) is 1.39. The van der Waals surface area contributed by atoms with E-state index in [1.807, 2.05) is 0 Å². The molecule has 2 N–H and O–H groups in total. The molecule has 0 aliphatic rings. The Hall–Kier alpha value is -0.0200. The van der Waals surface area contributed by atoms with Crippen molar-refractivity contribution in [1.29, 1.82) is 0 Å². The van der Waals surface area contributed by atoms with Crippen molar-refractivity contribution in [2.45, 2.75) is 39.0 Å². The van der Waals surface area contributed by atoms with Crippen molar-refractivity contribution in [1.82, 2.24) is 0 Å². The first-order chi connectivity index (χ1) is 5.72. The van der Waals surface area contributed by atoms with Crippen molar-refractivity contribution < 1.29 is 4.79 Å². The number of hydrogen-bond acceptors (Lipinski definition) is 2. The van der Waals surface area contributed by atoms with E-state index in [-0.39, 0.29) is 11.0 Å². The molecule has 0 spiro atoms. The molecule has 3 heteroatoms.